The molecule has 8 heteroatoms. The Bertz CT molecular complexity index is 824. The number of aromatic nitrogens is 3. The Hall–Kier alpha value is -3.42. The predicted molar refractivity (Wildman–Crippen MR) is 90.0 cm³/mol. The fraction of sp³-hybridized carbons (Fsp3) is 0.118. The minimum Gasteiger partial charge on any atom is -0.455 e. The Morgan fingerprint density at radius 3 is 2.76 bits per heavy atom. The van der Waals surface area contributed by atoms with E-state index < -0.39 is 11.8 Å². The first-order chi connectivity index (χ1) is 12.2. The molecule has 2 aromatic carbocycles. The van der Waals surface area contributed by atoms with E-state index in [0.29, 0.717) is 24.5 Å². The van der Waals surface area contributed by atoms with Crippen LogP contribution in [0.25, 0.3) is 0 Å². The molecule has 3 rings (SSSR count). The van der Waals surface area contributed by atoms with Crippen LogP contribution in [0.15, 0.2) is 54.9 Å². The van der Waals surface area contributed by atoms with Crippen LogP contribution in [-0.2, 0) is 6.42 Å². The normalized spacial score (nSPS) is 10.3. The first-order valence-electron chi connectivity index (χ1n) is 7.63. The summed E-state index contributed by atoms with van der Waals surface area (Å²) in [6.07, 6.45) is 1.88. The Kier molecular flexibility index (Phi) is 5.20. The van der Waals surface area contributed by atoms with Crippen molar-refractivity contribution in [1.82, 2.24) is 20.5 Å². The summed E-state index contributed by atoms with van der Waals surface area (Å²) in [6, 6.07) is 12.7. The largest absolute Gasteiger partial charge is 0.455 e. The SMILES string of the molecule is O=C(NCCc1ncn[nH]1)Nc1c(F)cccc1Oc1ccccc1. The van der Waals surface area contributed by atoms with Gasteiger partial charge in [-0.15, -0.1) is 0 Å². The van der Waals surface area contributed by atoms with Gasteiger partial charge in [0.25, 0.3) is 0 Å². The van der Waals surface area contributed by atoms with E-state index in [2.05, 4.69) is 25.8 Å². The van der Waals surface area contributed by atoms with Crippen molar-refractivity contribution in [2.45, 2.75) is 6.42 Å². The van der Waals surface area contributed by atoms with Crippen LogP contribution < -0.4 is 15.4 Å². The van der Waals surface area contributed by atoms with E-state index >= 15 is 0 Å². The highest BCUT2D eigenvalue weighted by molar-refractivity contribution is 5.91. The summed E-state index contributed by atoms with van der Waals surface area (Å²) >= 11 is 0. The van der Waals surface area contributed by atoms with Gasteiger partial charge in [0.1, 0.15) is 23.6 Å². The Morgan fingerprint density at radius 1 is 1.16 bits per heavy atom. The maximum Gasteiger partial charge on any atom is 0.319 e. The first-order valence-corrected chi connectivity index (χ1v) is 7.63. The highest BCUT2D eigenvalue weighted by atomic mass is 19.1. The third-order valence-electron chi connectivity index (χ3n) is 3.30. The van der Waals surface area contributed by atoms with E-state index in [1.54, 1.807) is 30.3 Å². The molecule has 0 aliphatic heterocycles. The van der Waals surface area contributed by atoms with Gasteiger partial charge in [-0.1, -0.05) is 24.3 Å². The molecule has 0 saturated heterocycles. The number of carbonyl (C=O) groups is 1. The Labute approximate surface area is 143 Å². The number of hydrogen-bond acceptors (Lipinski definition) is 4. The number of aromatic amines is 1. The standard InChI is InChI=1S/C17H16FN5O2/c18-13-7-4-8-14(25-12-5-2-1-3-6-12)16(13)22-17(24)19-10-9-15-20-11-21-23-15/h1-8,11H,9-10H2,(H2,19,22,24)(H,20,21,23). The lowest BCUT2D eigenvalue weighted by atomic mass is 10.2. The monoisotopic (exact) mass is 341 g/mol. The summed E-state index contributed by atoms with van der Waals surface area (Å²) in [5, 5.41) is 11.5. The molecule has 1 heterocycles. The number of anilines is 1. The molecule has 3 aromatic rings. The van der Waals surface area contributed by atoms with Crippen LogP contribution in [0.2, 0.25) is 0 Å². The van der Waals surface area contributed by atoms with Gasteiger partial charge in [-0.2, -0.15) is 5.10 Å². The number of amides is 2. The van der Waals surface area contributed by atoms with E-state index in [4.69, 9.17) is 4.74 Å². The van der Waals surface area contributed by atoms with Crippen molar-refractivity contribution >= 4 is 11.7 Å². The minimum absolute atomic E-state index is 0.0245. The number of H-pyrrole nitrogens is 1. The lowest BCUT2D eigenvalue weighted by Gasteiger charge is -2.13. The second-order valence-corrected chi connectivity index (χ2v) is 5.09. The third kappa shape index (κ3) is 4.54. The summed E-state index contributed by atoms with van der Waals surface area (Å²) in [5.74, 6) is 0.830. The number of carbonyl (C=O) groups excluding carboxylic acids is 1. The molecule has 1 aromatic heterocycles. The van der Waals surface area contributed by atoms with E-state index in [9.17, 15) is 9.18 Å². The molecule has 3 N–H and O–H groups in total. The van der Waals surface area contributed by atoms with Crippen LogP contribution in [0.3, 0.4) is 0 Å². The zero-order chi connectivity index (χ0) is 17.5. The smallest absolute Gasteiger partial charge is 0.319 e. The molecule has 0 unspecified atom stereocenters. The summed E-state index contributed by atoms with van der Waals surface area (Å²) in [4.78, 5) is 16.0. The quantitative estimate of drug-likeness (QED) is 0.642. The van der Waals surface area contributed by atoms with Crippen molar-refractivity contribution in [3.05, 3.63) is 66.5 Å². The molecular weight excluding hydrogens is 325 g/mol. The lowest BCUT2D eigenvalue weighted by Crippen LogP contribution is -2.31. The van der Waals surface area contributed by atoms with Crippen molar-refractivity contribution in [2.24, 2.45) is 0 Å². The molecule has 0 fully saturated rings. The summed E-state index contributed by atoms with van der Waals surface area (Å²) in [6.45, 7) is 0.324. The third-order valence-corrected chi connectivity index (χ3v) is 3.30. The van der Waals surface area contributed by atoms with Crippen LogP contribution in [0, 0.1) is 5.82 Å². The fourth-order valence-electron chi connectivity index (χ4n) is 2.13. The van der Waals surface area contributed by atoms with Crippen molar-refractivity contribution in [1.29, 1.82) is 0 Å². The van der Waals surface area contributed by atoms with Crippen LogP contribution in [0.1, 0.15) is 5.82 Å². The Morgan fingerprint density at radius 2 is 2.00 bits per heavy atom. The number of benzene rings is 2. The molecule has 0 spiro atoms. The van der Waals surface area contributed by atoms with Gasteiger partial charge in [0, 0.05) is 13.0 Å². The topological polar surface area (TPSA) is 91.9 Å². The first kappa shape index (κ1) is 16.4. The van der Waals surface area contributed by atoms with E-state index in [-0.39, 0.29) is 11.4 Å². The number of ether oxygens (including phenoxy) is 1. The van der Waals surface area contributed by atoms with Crippen molar-refractivity contribution in [2.75, 3.05) is 11.9 Å². The number of urea groups is 1. The van der Waals surface area contributed by atoms with Gasteiger partial charge < -0.3 is 15.4 Å². The van der Waals surface area contributed by atoms with Crippen molar-refractivity contribution in [3.63, 3.8) is 0 Å². The fourth-order valence-corrected chi connectivity index (χ4v) is 2.13. The average molecular weight is 341 g/mol. The minimum atomic E-state index is -0.584. The van der Waals surface area contributed by atoms with Crippen LogP contribution in [0.5, 0.6) is 11.5 Å². The highest BCUT2D eigenvalue weighted by Crippen LogP contribution is 2.31. The zero-order valence-corrected chi connectivity index (χ0v) is 13.2. The van der Waals surface area contributed by atoms with Gasteiger partial charge >= 0.3 is 6.03 Å². The number of halogens is 1. The molecule has 0 aliphatic rings. The summed E-state index contributed by atoms with van der Waals surface area (Å²) < 4.78 is 19.8. The highest BCUT2D eigenvalue weighted by Gasteiger charge is 2.13. The molecule has 128 valence electrons. The van der Waals surface area contributed by atoms with E-state index in [0.717, 1.165) is 0 Å². The number of rotatable bonds is 6. The van der Waals surface area contributed by atoms with Gasteiger partial charge in [-0.3, -0.25) is 5.10 Å². The van der Waals surface area contributed by atoms with Crippen LogP contribution in [0.4, 0.5) is 14.9 Å². The van der Waals surface area contributed by atoms with Crippen molar-refractivity contribution in [3.8, 4) is 11.5 Å². The zero-order valence-electron chi connectivity index (χ0n) is 13.2. The molecule has 0 bridgehead atoms. The van der Waals surface area contributed by atoms with Crippen LogP contribution in [-0.4, -0.2) is 27.8 Å². The maximum atomic E-state index is 14.1. The second-order valence-electron chi connectivity index (χ2n) is 5.09. The van der Waals surface area contributed by atoms with Crippen LogP contribution >= 0.6 is 0 Å². The van der Waals surface area contributed by atoms with Gasteiger partial charge in [-0.25, -0.2) is 14.2 Å². The molecule has 0 radical (unpaired) electrons. The maximum absolute atomic E-state index is 14.1. The van der Waals surface area contributed by atoms with Gasteiger partial charge in [-0.05, 0) is 24.3 Å². The Balaban J connectivity index is 1.63. The molecule has 0 saturated carbocycles. The van der Waals surface area contributed by atoms with Gasteiger partial charge in [0.15, 0.2) is 11.6 Å². The van der Waals surface area contributed by atoms with Gasteiger partial charge in [0.2, 0.25) is 0 Å². The second kappa shape index (κ2) is 7.91. The molecule has 0 aliphatic carbocycles. The number of nitrogens with one attached hydrogen (secondary N) is 3. The lowest BCUT2D eigenvalue weighted by molar-refractivity contribution is 0.252. The molecular formula is C17H16FN5O2. The predicted octanol–water partition coefficient (Wildman–Crippen LogP) is 3.10. The van der Waals surface area contributed by atoms with E-state index in [1.807, 2.05) is 6.07 Å². The summed E-state index contributed by atoms with van der Waals surface area (Å²) in [7, 11) is 0. The average Bonchev–Trinajstić information content (AvgIpc) is 3.12. The van der Waals surface area contributed by atoms with Gasteiger partial charge in [0.05, 0.1) is 0 Å². The number of para-hydroxylation sites is 2. The molecule has 2 amide bonds. The van der Waals surface area contributed by atoms with Crippen molar-refractivity contribution < 1.29 is 13.9 Å². The molecule has 25 heavy (non-hydrogen) atoms. The number of nitrogens with zero attached hydrogens (tertiary/aromatic N) is 2. The molecule has 7 nitrogen and oxygen atoms in total. The summed E-state index contributed by atoms with van der Waals surface area (Å²) in [5.41, 5.74) is -0.0245. The molecule has 0 atom stereocenters. The number of hydrogen-bond donors (Lipinski definition) is 3. The van der Waals surface area contributed by atoms with E-state index in [1.165, 1.54) is 18.5 Å².